The van der Waals surface area contributed by atoms with Crippen molar-refractivity contribution in [2.45, 2.75) is 27.2 Å². The minimum absolute atomic E-state index is 0.521. The summed E-state index contributed by atoms with van der Waals surface area (Å²) in [6.45, 7) is 7.86. The summed E-state index contributed by atoms with van der Waals surface area (Å²) in [5.74, 6) is 0.715. The fourth-order valence-corrected chi connectivity index (χ4v) is 0.865. The number of hydrogen-bond donors (Lipinski definition) is 1. The molecule has 11 heavy (non-hydrogen) atoms. The zero-order chi connectivity index (χ0) is 8.69. The third kappa shape index (κ3) is 7.59. The summed E-state index contributed by atoms with van der Waals surface area (Å²) in [6, 6.07) is 0. The van der Waals surface area contributed by atoms with Gasteiger partial charge >= 0.3 is 0 Å². The van der Waals surface area contributed by atoms with E-state index in [1.54, 1.807) is 0 Å². The highest BCUT2D eigenvalue weighted by molar-refractivity contribution is 7.80. The molecule has 0 fully saturated rings. The van der Waals surface area contributed by atoms with Gasteiger partial charge in [0, 0.05) is 6.54 Å². The Labute approximate surface area is 74.3 Å². The molecule has 0 saturated carbocycles. The van der Waals surface area contributed by atoms with Gasteiger partial charge in [0.15, 0.2) is 0 Å². The highest BCUT2D eigenvalue weighted by Crippen LogP contribution is 1.96. The predicted molar refractivity (Wildman–Crippen MR) is 51.7 cm³/mol. The highest BCUT2D eigenvalue weighted by Gasteiger charge is 1.95. The van der Waals surface area contributed by atoms with Crippen LogP contribution in [0.1, 0.15) is 27.2 Å². The normalized spacial score (nSPS) is 9.82. The zero-order valence-electron chi connectivity index (χ0n) is 7.52. The SMILES string of the molecule is CCOC(=S)NCCC(C)C. The van der Waals surface area contributed by atoms with Crippen molar-refractivity contribution < 1.29 is 4.74 Å². The van der Waals surface area contributed by atoms with Crippen LogP contribution in [-0.4, -0.2) is 18.3 Å². The van der Waals surface area contributed by atoms with Crippen molar-refractivity contribution in [2.75, 3.05) is 13.2 Å². The van der Waals surface area contributed by atoms with Crippen molar-refractivity contribution in [1.82, 2.24) is 5.32 Å². The van der Waals surface area contributed by atoms with E-state index in [1.807, 2.05) is 6.92 Å². The van der Waals surface area contributed by atoms with Crippen LogP contribution < -0.4 is 5.32 Å². The van der Waals surface area contributed by atoms with Crippen LogP contribution in [0.4, 0.5) is 0 Å². The average molecular weight is 175 g/mol. The Kier molecular flexibility index (Phi) is 6.22. The second kappa shape index (κ2) is 6.40. The minimum atomic E-state index is 0.521. The van der Waals surface area contributed by atoms with E-state index >= 15 is 0 Å². The molecule has 0 bridgehead atoms. The maximum atomic E-state index is 5.04. The zero-order valence-corrected chi connectivity index (χ0v) is 8.33. The van der Waals surface area contributed by atoms with E-state index in [0.717, 1.165) is 13.0 Å². The molecular formula is C8H17NOS. The van der Waals surface area contributed by atoms with E-state index in [4.69, 9.17) is 17.0 Å². The molecule has 3 heteroatoms. The lowest BCUT2D eigenvalue weighted by Gasteiger charge is -2.08. The van der Waals surface area contributed by atoms with Crippen molar-refractivity contribution in [1.29, 1.82) is 0 Å². The number of nitrogens with one attached hydrogen (secondary N) is 1. The van der Waals surface area contributed by atoms with Crippen LogP contribution >= 0.6 is 12.2 Å². The maximum absolute atomic E-state index is 5.04. The van der Waals surface area contributed by atoms with Gasteiger partial charge in [0.05, 0.1) is 6.61 Å². The first-order valence-electron chi connectivity index (χ1n) is 4.07. The van der Waals surface area contributed by atoms with E-state index in [1.165, 1.54) is 0 Å². The molecule has 0 radical (unpaired) electrons. The molecule has 0 spiro atoms. The molecule has 0 aromatic heterocycles. The van der Waals surface area contributed by atoms with Crippen LogP contribution in [0.15, 0.2) is 0 Å². The fraction of sp³-hybridized carbons (Fsp3) is 0.875. The second-order valence-electron chi connectivity index (χ2n) is 2.83. The van der Waals surface area contributed by atoms with Gasteiger partial charge in [-0.25, -0.2) is 0 Å². The maximum Gasteiger partial charge on any atom is 0.256 e. The second-order valence-corrected chi connectivity index (χ2v) is 3.20. The molecule has 1 N–H and O–H groups in total. The summed E-state index contributed by atoms with van der Waals surface area (Å²) >= 11 is 4.87. The van der Waals surface area contributed by atoms with Gasteiger partial charge in [-0.2, -0.15) is 0 Å². The van der Waals surface area contributed by atoms with Gasteiger partial charge in [-0.3, -0.25) is 0 Å². The van der Waals surface area contributed by atoms with E-state index in [9.17, 15) is 0 Å². The smallest absolute Gasteiger partial charge is 0.256 e. The summed E-state index contributed by atoms with van der Waals surface area (Å²) in [5, 5.41) is 3.55. The molecule has 0 aliphatic rings. The van der Waals surface area contributed by atoms with Gasteiger partial charge in [0.2, 0.25) is 0 Å². The highest BCUT2D eigenvalue weighted by atomic mass is 32.1. The molecule has 0 rings (SSSR count). The van der Waals surface area contributed by atoms with Crippen LogP contribution in [0.3, 0.4) is 0 Å². The standard InChI is InChI=1S/C8H17NOS/c1-4-10-8(11)9-6-5-7(2)3/h7H,4-6H2,1-3H3,(H,9,11). The number of thiocarbonyl (C=S) groups is 1. The van der Waals surface area contributed by atoms with E-state index in [0.29, 0.717) is 17.7 Å². The summed E-state index contributed by atoms with van der Waals surface area (Å²) in [7, 11) is 0. The third-order valence-electron chi connectivity index (χ3n) is 1.27. The Bertz CT molecular complexity index is 115. The van der Waals surface area contributed by atoms with Gasteiger partial charge in [-0.05, 0) is 31.5 Å². The summed E-state index contributed by atoms with van der Waals surface area (Å²) in [4.78, 5) is 0. The summed E-state index contributed by atoms with van der Waals surface area (Å²) in [5.41, 5.74) is 0. The molecule has 0 aromatic rings. The topological polar surface area (TPSA) is 21.3 Å². The quantitative estimate of drug-likeness (QED) is 0.660. The Morgan fingerprint density at radius 2 is 2.18 bits per heavy atom. The molecule has 0 saturated heterocycles. The van der Waals surface area contributed by atoms with Gasteiger partial charge in [0.25, 0.3) is 5.17 Å². The molecule has 0 heterocycles. The van der Waals surface area contributed by atoms with Crippen LogP contribution in [0, 0.1) is 5.92 Å². The molecule has 0 amide bonds. The summed E-state index contributed by atoms with van der Waals surface area (Å²) in [6.07, 6.45) is 1.13. The van der Waals surface area contributed by atoms with Crippen molar-refractivity contribution in [3.63, 3.8) is 0 Å². The Morgan fingerprint density at radius 3 is 2.64 bits per heavy atom. The largest absolute Gasteiger partial charge is 0.471 e. The molecular weight excluding hydrogens is 158 g/mol. The first-order valence-corrected chi connectivity index (χ1v) is 4.48. The van der Waals surface area contributed by atoms with Crippen LogP contribution in [0.5, 0.6) is 0 Å². The van der Waals surface area contributed by atoms with Crippen LogP contribution in [0.25, 0.3) is 0 Å². The van der Waals surface area contributed by atoms with Crippen molar-refractivity contribution in [2.24, 2.45) is 5.92 Å². The third-order valence-corrected chi connectivity index (χ3v) is 1.53. The number of ether oxygens (including phenoxy) is 1. The Balaban J connectivity index is 3.17. The lowest BCUT2D eigenvalue weighted by atomic mass is 10.1. The first kappa shape index (κ1) is 10.7. The number of hydrogen-bond acceptors (Lipinski definition) is 2. The van der Waals surface area contributed by atoms with Gasteiger partial charge in [0.1, 0.15) is 0 Å². The molecule has 0 aliphatic heterocycles. The number of rotatable bonds is 4. The summed E-state index contributed by atoms with van der Waals surface area (Å²) < 4.78 is 5.04. The van der Waals surface area contributed by atoms with Crippen molar-refractivity contribution in [3.05, 3.63) is 0 Å². The monoisotopic (exact) mass is 175 g/mol. The Morgan fingerprint density at radius 1 is 1.55 bits per heavy atom. The lowest BCUT2D eigenvalue weighted by molar-refractivity contribution is 0.319. The average Bonchev–Trinajstić information content (AvgIpc) is 1.87. The molecule has 66 valence electrons. The molecule has 0 atom stereocenters. The molecule has 0 aliphatic carbocycles. The first-order chi connectivity index (χ1) is 5.16. The molecule has 0 aromatic carbocycles. The van der Waals surface area contributed by atoms with Crippen molar-refractivity contribution in [3.8, 4) is 0 Å². The Hall–Kier alpha value is -0.310. The van der Waals surface area contributed by atoms with E-state index < -0.39 is 0 Å². The molecule has 2 nitrogen and oxygen atoms in total. The van der Waals surface area contributed by atoms with E-state index in [-0.39, 0.29) is 0 Å². The molecule has 0 unspecified atom stereocenters. The van der Waals surface area contributed by atoms with Gasteiger partial charge in [-0.15, -0.1) is 0 Å². The van der Waals surface area contributed by atoms with Crippen LogP contribution in [0.2, 0.25) is 0 Å². The van der Waals surface area contributed by atoms with Gasteiger partial charge < -0.3 is 10.1 Å². The minimum Gasteiger partial charge on any atom is -0.471 e. The predicted octanol–water partition coefficient (Wildman–Crippen LogP) is 1.94. The van der Waals surface area contributed by atoms with Crippen LogP contribution in [-0.2, 0) is 4.74 Å². The van der Waals surface area contributed by atoms with Gasteiger partial charge in [-0.1, -0.05) is 13.8 Å². The van der Waals surface area contributed by atoms with Crippen molar-refractivity contribution >= 4 is 17.4 Å². The lowest BCUT2D eigenvalue weighted by Crippen LogP contribution is -2.25. The van der Waals surface area contributed by atoms with E-state index in [2.05, 4.69) is 19.2 Å². The fourth-order valence-electron chi connectivity index (χ4n) is 0.645.